The van der Waals surface area contributed by atoms with E-state index in [-0.39, 0.29) is 11.5 Å². The van der Waals surface area contributed by atoms with Crippen molar-refractivity contribution in [2.45, 2.75) is 18.2 Å². The molecule has 0 N–H and O–H groups in total. The van der Waals surface area contributed by atoms with Gasteiger partial charge in [-0.1, -0.05) is 18.2 Å². The Morgan fingerprint density at radius 2 is 1.88 bits per heavy atom. The lowest BCUT2D eigenvalue weighted by atomic mass is 10.2. The molecule has 0 radical (unpaired) electrons. The Labute approximate surface area is 96.3 Å². The third-order valence-corrected chi connectivity index (χ3v) is 3.57. The number of rotatable bonds is 6. The summed E-state index contributed by atoms with van der Waals surface area (Å²) in [5, 5.41) is 0. The van der Waals surface area contributed by atoms with Crippen LogP contribution in [0.2, 0.25) is 0 Å². The van der Waals surface area contributed by atoms with Crippen molar-refractivity contribution in [1.29, 1.82) is 0 Å². The van der Waals surface area contributed by atoms with E-state index < -0.39 is 10.1 Å². The smallest absolute Gasteiger partial charge is 0.297 e. The summed E-state index contributed by atoms with van der Waals surface area (Å²) in [5.41, 5.74) is 0.689. The fourth-order valence-electron chi connectivity index (χ4n) is 1.27. The van der Waals surface area contributed by atoms with Gasteiger partial charge in [0.05, 0.1) is 11.5 Å². The minimum atomic E-state index is -3.63. The van der Waals surface area contributed by atoms with E-state index in [1.807, 2.05) is 0 Å². The third-order valence-electron chi connectivity index (χ3n) is 2.09. The van der Waals surface area contributed by atoms with Crippen molar-refractivity contribution in [3.05, 3.63) is 29.8 Å². The van der Waals surface area contributed by atoms with Gasteiger partial charge in [0.2, 0.25) is 0 Å². The Kier molecular flexibility index (Phi) is 4.92. The van der Waals surface area contributed by atoms with Gasteiger partial charge in [-0.05, 0) is 25.0 Å². The van der Waals surface area contributed by atoms with E-state index >= 15 is 0 Å². The van der Waals surface area contributed by atoms with E-state index in [4.69, 9.17) is 8.92 Å². The van der Waals surface area contributed by atoms with Crippen molar-refractivity contribution in [2.24, 2.45) is 0 Å². The van der Waals surface area contributed by atoms with Gasteiger partial charge in [-0.15, -0.1) is 0 Å². The zero-order chi connectivity index (χ0) is 12.0. The summed E-state index contributed by atoms with van der Waals surface area (Å²) in [6, 6.07) is 6.75. The van der Waals surface area contributed by atoms with E-state index in [2.05, 4.69) is 0 Å². The van der Waals surface area contributed by atoms with Crippen LogP contribution in [0.4, 0.5) is 0 Å². The van der Waals surface area contributed by atoms with Crippen LogP contribution in [0.15, 0.2) is 29.2 Å². The molecule has 4 nitrogen and oxygen atoms in total. The number of methoxy groups -OCH3 is 1. The maximum atomic E-state index is 11.8. The van der Waals surface area contributed by atoms with Gasteiger partial charge in [-0.25, -0.2) is 0 Å². The molecular formula is C11H16O4S. The van der Waals surface area contributed by atoms with Crippen LogP contribution in [-0.4, -0.2) is 28.7 Å². The van der Waals surface area contributed by atoms with E-state index in [9.17, 15) is 8.42 Å². The second kappa shape index (κ2) is 5.98. The van der Waals surface area contributed by atoms with Gasteiger partial charge in [-0.3, -0.25) is 4.18 Å². The molecule has 90 valence electrons. The topological polar surface area (TPSA) is 52.6 Å². The summed E-state index contributed by atoms with van der Waals surface area (Å²) in [6.45, 7) is 2.37. The van der Waals surface area contributed by atoms with E-state index in [1.165, 1.54) is 0 Å². The minimum absolute atomic E-state index is 0.143. The molecule has 16 heavy (non-hydrogen) atoms. The maximum Gasteiger partial charge on any atom is 0.297 e. The summed E-state index contributed by atoms with van der Waals surface area (Å²) in [5.74, 6) is 0. The number of hydrogen-bond acceptors (Lipinski definition) is 4. The average Bonchev–Trinajstić information content (AvgIpc) is 2.25. The first kappa shape index (κ1) is 13.2. The fourth-order valence-corrected chi connectivity index (χ4v) is 2.44. The third kappa shape index (κ3) is 3.59. The highest BCUT2D eigenvalue weighted by atomic mass is 32.2. The Bertz CT molecular complexity index is 425. The second-order valence-corrected chi connectivity index (χ2v) is 4.97. The van der Waals surface area contributed by atoms with Gasteiger partial charge < -0.3 is 4.74 Å². The van der Waals surface area contributed by atoms with Gasteiger partial charge in [0, 0.05) is 13.7 Å². The van der Waals surface area contributed by atoms with E-state index in [1.54, 1.807) is 38.3 Å². The van der Waals surface area contributed by atoms with Crippen molar-refractivity contribution < 1.29 is 17.3 Å². The average molecular weight is 244 g/mol. The molecule has 0 saturated heterocycles. The van der Waals surface area contributed by atoms with E-state index in [0.29, 0.717) is 18.6 Å². The molecule has 0 aromatic heterocycles. The summed E-state index contributed by atoms with van der Waals surface area (Å²) >= 11 is 0. The number of benzene rings is 1. The Morgan fingerprint density at radius 3 is 2.50 bits per heavy atom. The predicted molar refractivity (Wildman–Crippen MR) is 60.8 cm³/mol. The Balaban J connectivity index is 2.68. The summed E-state index contributed by atoms with van der Waals surface area (Å²) < 4.78 is 33.2. The molecule has 0 aliphatic carbocycles. The van der Waals surface area contributed by atoms with Crippen LogP contribution in [0.5, 0.6) is 0 Å². The van der Waals surface area contributed by atoms with Crippen LogP contribution >= 0.6 is 0 Å². The molecule has 0 amide bonds. The SMILES string of the molecule is COCCCOS(=O)(=O)c1ccccc1C. The van der Waals surface area contributed by atoms with Gasteiger partial charge in [0.25, 0.3) is 10.1 Å². The first-order valence-electron chi connectivity index (χ1n) is 5.02. The molecule has 0 bridgehead atoms. The number of ether oxygens (including phenoxy) is 1. The molecule has 0 heterocycles. The molecular weight excluding hydrogens is 228 g/mol. The van der Waals surface area contributed by atoms with Crippen LogP contribution in [0, 0.1) is 6.92 Å². The van der Waals surface area contributed by atoms with Gasteiger partial charge >= 0.3 is 0 Å². The lowest BCUT2D eigenvalue weighted by Crippen LogP contribution is -2.10. The van der Waals surface area contributed by atoms with Crippen LogP contribution in [0.3, 0.4) is 0 Å². The molecule has 0 atom stereocenters. The lowest BCUT2D eigenvalue weighted by molar-refractivity contribution is 0.173. The standard InChI is InChI=1S/C11H16O4S/c1-10-6-3-4-7-11(10)16(12,13)15-9-5-8-14-2/h3-4,6-7H,5,8-9H2,1-2H3. The van der Waals surface area contributed by atoms with Gasteiger partial charge in [0.15, 0.2) is 0 Å². The fraction of sp³-hybridized carbons (Fsp3) is 0.455. The van der Waals surface area contributed by atoms with Gasteiger partial charge in [0.1, 0.15) is 0 Å². The highest BCUT2D eigenvalue weighted by Gasteiger charge is 2.16. The number of aryl methyl sites for hydroxylation is 1. The monoisotopic (exact) mass is 244 g/mol. The summed E-state index contributed by atoms with van der Waals surface area (Å²) in [4.78, 5) is 0.229. The van der Waals surface area contributed by atoms with E-state index in [0.717, 1.165) is 0 Å². The lowest BCUT2D eigenvalue weighted by Gasteiger charge is -2.07. The quantitative estimate of drug-likeness (QED) is 0.565. The zero-order valence-corrected chi connectivity index (χ0v) is 10.3. The molecule has 1 aromatic rings. The van der Waals surface area contributed by atoms with Crippen molar-refractivity contribution in [1.82, 2.24) is 0 Å². The van der Waals surface area contributed by atoms with Crippen LogP contribution < -0.4 is 0 Å². The zero-order valence-electron chi connectivity index (χ0n) is 9.47. The first-order chi connectivity index (χ1) is 7.58. The molecule has 0 aliphatic heterocycles. The largest absolute Gasteiger partial charge is 0.385 e. The van der Waals surface area contributed by atoms with Crippen LogP contribution in [-0.2, 0) is 19.0 Å². The van der Waals surface area contributed by atoms with Crippen molar-refractivity contribution >= 4 is 10.1 Å². The number of hydrogen-bond donors (Lipinski definition) is 0. The molecule has 0 saturated carbocycles. The molecule has 1 rings (SSSR count). The normalized spacial score (nSPS) is 11.6. The molecule has 0 fully saturated rings. The molecule has 0 spiro atoms. The Hall–Kier alpha value is -0.910. The maximum absolute atomic E-state index is 11.8. The summed E-state index contributed by atoms with van der Waals surface area (Å²) in [6.07, 6.45) is 0.557. The summed E-state index contributed by atoms with van der Waals surface area (Å²) in [7, 11) is -2.06. The molecule has 1 aromatic carbocycles. The highest BCUT2D eigenvalue weighted by Crippen LogP contribution is 2.16. The molecule has 5 heteroatoms. The first-order valence-corrected chi connectivity index (χ1v) is 6.43. The highest BCUT2D eigenvalue weighted by molar-refractivity contribution is 7.86. The molecule has 0 aliphatic rings. The van der Waals surface area contributed by atoms with Crippen molar-refractivity contribution in [3.63, 3.8) is 0 Å². The predicted octanol–water partition coefficient (Wildman–Crippen LogP) is 1.74. The van der Waals surface area contributed by atoms with Crippen molar-refractivity contribution in [3.8, 4) is 0 Å². The van der Waals surface area contributed by atoms with Crippen LogP contribution in [0.1, 0.15) is 12.0 Å². The van der Waals surface area contributed by atoms with Gasteiger partial charge in [-0.2, -0.15) is 8.42 Å². The minimum Gasteiger partial charge on any atom is -0.385 e. The van der Waals surface area contributed by atoms with Crippen LogP contribution in [0.25, 0.3) is 0 Å². The Morgan fingerprint density at radius 1 is 1.19 bits per heavy atom. The molecule has 0 unspecified atom stereocenters. The van der Waals surface area contributed by atoms with Crippen molar-refractivity contribution in [2.75, 3.05) is 20.3 Å². The second-order valence-electron chi connectivity index (χ2n) is 3.39.